The van der Waals surface area contributed by atoms with Gasteiger partial charge in [-0.2, -0.15) is 0 Å². The Kier molecular flexibility index (Phi) is 8.72. The lowest BCUT2D eigenvalue weighted by Crippen LogP contribution is -2.24. The van der Waals surface area contributed by atoms with Crippen molar-refractivity contribution in [2.45, 2.75) is 58.4 Å². The average molecular weight is 322 g/mol. The third-order valence-electron chi connectivity index (χ3n) is 3.57. The number of pyridine rings is 1. The van der Waals surface area contributed by atoms with E-state index in [2.05, 4.69) is 5.32 Å². The molecule has 0 saturated carbocycles. The van der Waals surface area contributed by atoms with Crippen LogP contribution in [0.2, 0.25) is 0 Å². The van der Waals surface area contributed by atoms with Crippen molar-refractivity contribution in [3.8, 4) is 0 Å². The van der Waals surface area contributed by atoms with Crippen molar-refractivity contribution in [2.75, 3.05) is 6.54 Å². The van der Waals surface area contributed by atoms with Crippen molar-refractivity contribution in [3.63, 3.8) is 0 Å². The van der Waals surface area contributed by atoms with Crippen LogP contribution in [0.25, 0.3) is 0 Å². The number of nitrogens with one attached hydrogen (secondary N) is 1. The zero-order chi connectivity index (χ0) is 17.1. The quantitative estimate of drug-likeness (QED) is 0.611. The van der Waals surface area contributed by atoms with Crippen molar-refractivity contribution in [3.05, 3.63) is 34.2 Å². The molecule has 0 aliphatic carbocycles. The van der Waals surface area contributed by atoms with Crippen LogP contribution in [0.4, 0.5) is 0 Å². The predicted molar refractivity (Wildman–Crippen MR) is 88.4 cm³/mol. The zero-order valence-electron chi connectivity index (χ0n) is 13.7. The van der Waals surface area contributed by atoms with Crippen LogP contribution < -0.4 is 10.9 Å². The van der Waals surface area contributed by atoms with Gasteiger partial charge in [-0.1, -0.05) is 12.5 Å². The molecule has 0 radical (unpaired) electrons. The SMILES string of the molecule is Cc1ccc(=O)n(CCCCC(=O)NCCCCCC(=O)O)c1. The lowest BCUT2D eigenvalue weighted by molar-refractivity contribution is -0.137. The van der Waals surface area contributed by atoms with E-state index in [0.29, 0.717) is 25.9 Å². The highest BCUT2D eigenvalue weighted by molar-refractivity contribution is 5.75. The summed E-state index contributed by atoms with van der Waals surface area (Å²) in [6.07, 6.45) is 6.26. The molecule has 2 N–H and O–H groups in total. The standard InChI is InChI=1S/C17H26N2O4/c1-14-9-10-16(21)19(13-14)12-6-4-7-15(20)18-11-5-2-3-8-17(22)23/h9-10,13H,2-8,11-12H2,1H3,(H,18,20)(H,22,23). The first-order valence-corrected chi connectivity index (χ1v) is 8.14. The lowest BCUT2D eigenvalue weighted by atomic mass is 10.2. The van der Waals surface area contributed by atoms with Gasteiger partial charge >= 0.3 is 5.97 Å². The van der Waals surface area contributed by atoms with Crippen molar-refractivity contribution in [1.82, 2.24) is 9.88 Å². The summed E-state index contributed by atoms with van der Waals surface area (Å²) in [5.74, 6) is -0.762. The van der Waals surface area contributed by atoms with Gasteiger partial charge in [0, 0.05) is 38.2 Å². The summed E-state index contributed by atoms with van der Waals surface area (Å²) in [5.41, 5.74) is 1.03. The molecule has 0 spiro atoms. The monoisotopic (exact) mass is 322 g/mol. The highest BCUT2D eigenvalue weighted by Crippen LogP contribution is 2.01. The van der Waals surface area contributed by atoms with E-state index in [1.165, 1.54) is 0 Å². The molecule has 0 aliphatic rings. The minimum Gasteiger partial charge on any atom is -0.481 e. The van der Waals surface area contributed by atoms with E-state index >= 15 is 0 Å². The fourth-order valence-corrected chi connectivity index (χ4v) is 2.29. The zero-order valence-corrected chi connectivity index (χ0v) is 13.7. The number of carboxylic acid groups (broad SMARTS) is 1. The highest BCUT2D eigenvalue weighted by atomic mass is 16.4. The Morgan fingerprint density at radius 3 is 2.57 bits per heavy atom. The first-order valence-electron chi connectivity index (χ1n) is 8.14. The molecule has 0 aromatic carbocycles. The Labute approximate surface area is 136 Å². The van der Waals surface area contributed by atoms with E-state index in [4.69, 9.17) is 5.11 Å². The Bertz CT molecular complexity index is 566. The van der Waals surface area contributed by atoms with Gasteiger partial charge in [0.15, 0.2) is 0 Å². The molecule has 0 atom stereocenters. The second-order valence-corrected chi connectivity index (χ2v) is 5.75. The number of carbonyl (C=O) groups excluding carboxylic acids is 1. The number of aliphatic carboxylic acids is 1. The molecule has 6 nitrogen and oxygen atoms in total. The second-order valence-electron chi connectivity index (χ2n) is 5.75. The number of nitrogens with zero attached hydrogens (tertiary/aromatic N) is 1. The molecule has 1 aromatic rings. The molecule has 0 aliphatic heterocycles. The van der Waals surface area contributed by atoms with E-state index < -0.39 is 5.97 Å². The lowest BCUT2D eigenvalue weighted by Gasteiger charge is -2.07. The van der Waals surface area contributed by atoms with Gasteiger partial charge in [-0.05, 0) is 38.2 Å². The summed E-state index contributed by atoms with van der Waals surface area (Å²) in [7, 11) is 0. The number of hydrogen-bond donors (Lipinski definition) is 2. The van der Waals surface area contributed by atoms with E-state index in [1.54, 1.807) is 16.7 Å². The molecule has 1 amide bonds. The van der Waals surface area contributed by atoms with Gasteiger partial charge < -0.3 is 15.0 Å². The second kappa shape index (κ2) is 10.6. The number of carbonyl (C=O) groups is 2. The van der Waals surface area contributed by atoms with Crippen molar-refractivity contribution in [1.29, 1.82) is 0 Å². The van der Waals surface area contributed by atoms with E-state index in [9.17, 15) is 14.4 Å². The number of aromatic nitrogens is 1. The number of rotatable bonds is 11. The van der Waals surface area contributed by atoms with Gasteiger partial charge in [0.2, 0.25) is 5.91 Å². The van der Waals surface area contributed by atoms with Crippen LogP contribution in [0.1, 0.15) is 50.5 Å². The Morgan fingerprint density at radius 2 is 1.83 bits per heavy atom. The molecule has 1 rings (SSSR count). The Balaban J connectivity index is 2.07. The normalized spacial score (nSPS) is 10.5. The van der Waals surface area contributed by atoms with Gasteiger partial charge in [0.1, 0.15) is 0 Å². The molecule has 0 unspecified atom stereocenters. The largest absolute Gasteiger partial charge is 0.481 e. The third-order valence-corrected chi connectivity index (χ3v) is 3.57. The van der Waals surface area contributed by atoms with Crippen LogP contribution >= 0.6 is 0 Å². The van der Waals surface area contributed by atoms with Crippen LogP contribution in [0.5, 0.6) is 0 Å². The topological polar surface area (TPSA) is 88.4 Å². The van der Waals surface area contributed by atoms with Crippen LogP contribution in [0.3, 0.4) is 0 Å². The minimum absolute atomic E-state index is 0.0126. The molecular weight excluding hydrogens is 296 g/mol. The summed E-state index contributed by atoms with van der Waals surface area (Å²) < 4.78 is 1.68. The van der Waals surface area contributed by atoms with E-state index in [1.807, 2.05) is 13.1 Å². The maximum atomic E-state index is 11.6. The molecular formula is C17H26N2O4. The van der Waals surface area contributed by atoms with Crippen molar-refractivity contribution in [2.24, 2.45) is 0 Å². The molecule has 0 saturated heterocycles. The number of unbranched alkanes of at least 4 members (excludes halogenated alkanes) is 3. The molecule has 0 fully saturated rings. The number of carboxylic acids is 1. The minimum atomic E-state index is -0.776. The first kappa shape index (κ1) is 18.9. The van der Waals surface area contributed by atoms with Crippen LogP contribution in [0, 0.1) is 6.92 Å². The summed E-state index contributed by atoms with van der Waals surface area (Å²) in [5, 5.41) is 11.3. The fraction of sp³-hybridized carbons (Fsp3) is 0.588. The highest BCUT2D eigenvalue weighted by Gasteiger charge is 2.02. The van der Waals surface area contributed by atoms with Crippen molar-refractivity contribution >= 4 is 11.9 Å². The van der Waals surface area contributed by atoms with Gasteiger partial charge in [0.05, 0.1) is 0 Å². The number of hydrogen-bond acceptors (Lipinski definition) is 3. The molecule has 1 heterocycles. The number of aryl methyl sites for hydroxylation is 2. The smallest absolute Gasteiger partial charge is 0.303 e. The predicted octanol–water partition coefficient (Wildman–Crippen LogP) is 2.09. The maximum absolute atomic E-state index is 11.6. The van der Waals surface area contributed by atoms with Crippen molar-refractivity contribution < 1.29 is 14.7 Å². The number of amides is 1. The summed E-state index contributed by atoms with van der Waals surface area (Å²) in [4.78, 5) is 33.6. The first-order chi connectivity index (χ1) is 11.0. The Morgan fingerprint density at radius 1 is 1.09 bits per heavy atom. The summed E-state index contributed by atoms with van der Waals surface area (Å²) in [6.45, 7) is 3.17. The van der Waals surface area contributed by atoms with Crippen LogP contribution in [-0.2, 0) is 16.1 Å². The fourth-order valence-electron chi connectivity index (χ4n) is 2.29. The molecule has 6 heteroatoms. The Hall–Kier alpha value is -2.11. The molecule has 0 bridgehead atoms. The van der Waals surface area contributed by atoms with Gasteiger partial charge in [-0.15, -0.1) is 0 Å². The van der Waals surface area contributed by atoms with Gasteiger partial charge in [0.25, 0.3) is 5.56 Å². The molecule has 23 heavy (non-hydrogen) atoms. The molecule has 128 valence electrons. The molecule has 1 aromatic heterocycles. The van der Waals surface area contributed by atoms with Gasteiger partial charge in [-0.25, -0.2) is 0 Å². The summed E-state index contributed by atoms with van der Waals surface area (Å²) >= 11 is 0. The average Bonchev–Trinajstić information content (AvgIpc) is 2.50. The third kappa shape index (κ3) is 8.80. The summed E-state index contributed by atoms with van der Waals surface area (Å²) in [6, 6.07) is 3.36. The van der Waals surface area contributed by atoms with Crippen LogP contribution in [-0.4, -0.2) is 28.1 Å². The van der Waals surface area contributed by atoms with Crippen LogP contribution in [0.15, 0.2) is 23.1 Å². The van der Waals surface area contributed by atoms with Gasteiger partial charge in [-0.3, -0.25) is 14.4 Å². The maximum Gasteiger partial charge on any atom is 0.303 e. The van der Waals surface area contributed by atoms with E-state index in [-0.39, 0.29) is 17.9 Å². The van der Waals surface area contributed by atoms with E-state index in [0.717, 1.165) is 31.2 Å².